The molecule has 0 aliphatic carbocycles. The highest BCUT2D eigenvalue weighted by atomic mass is 35.5. The van der Waals surface area contributed by atoms with Gasteiger partial charge in [0.25, 0.3) is 0 Å². The Balaban J connectivity index is 1.61. The highest BCUT2D eigenvalue weighted by molar-refractivity contribution is 6.30. The summed E-state index contributed by atoms with van der Waals surface area (Å²) in [5.41, 5.74) is 3.41. The fourth-order valence-corrected chi connectivity index (χ4v) is 3.80. The molecule has 2 aromatic carbocycles. The number of carbonyl (C=O) groups excluding carboxylic acids is 1. The van der Waals surface area contributed by atoms with Crippen LogP contribution in [0.4, 0.5) is 5.69 Å². The number of aromatic nitrogens is 2. The standard InChI is InChI=1S/C23H25ClN4O2/c1-28-21(11-13-26-28)19-5-2-6-20(23(19)30-18-4-3-12-25-15-18)27-22(29)14-16-7-9-17(24)10-8-16/h2,5-11,13,18,25H,3-4,12,14-15H2,1H3,(H,27,29)/t18-/m0/s1. The Hall–Kier alpha value is -2.83. The number of carbonyl (C=O) groups is 1. The number of hydrogen-bond donors (Lipinski definition) is 2. The molecule has 30 heavy (non-hydrogen) atoms. The lowest BCUT2D eigenvalue weighted by Crippen LogP contribution is -2.37. The summed E-state index contributed by atoms with van der Waals surface area (Å²) in [6.45, 7) is 1.80. The number of hydrogen-bond acceptors (Lipinski definition) is 4. The summed E-state index contributed by atoms with van der Waals surface area (Å²) in [5, 5.41) is 11.4. The molecule has 0 bridgehead atoms. The van der Waals surface area contributed by atoms with Gasteiger partial charge in [0.2, 0.25) is 5.91 Å². The summed E-state index contributed by atoms with van der Waals surface area (Å²) < 4.78 is 8.23. The number of amides is 1. The number of piperidine rings is 1. The van der Waals surface area contributed by atoms with Crippen LogP contribution in [0.3, 0.4) is 0 Å². The van der Waals surface area contributed by atoms with E-state index in [1.54, 1.807) is 23.0 Å². The Morgan fingerprint density at radius 2 is 2.10 bits per heavy atom. The molecule has 1 aliphatic heterocycles. The van der Waals surface area contributed by atoms with Crippen molar-refractivity contribution >= 4 is 23.2 Å². The number of aryl methyl sites for hydroxylation is 1. The van der Waals surface area contributed by atoms with E-state index in [9.17, 15) is 4.79 Å². The minimum atomic E-state index is -0.105. The maximum Gasteiger partial charge on any atom is 0.228 e. The topological polar surface area (TPSA) is 68.2 Å². The molecule has 1 aromatic heterocycles. The first-order valence-electron chi connectivity index (χ1n) is 10.1. The smallest absolute Gasteiger partial charge is 0.228 e. The first-order valence-corrected chi connectivity index (χ1v) is 10.5. The maximum absolute atomic E-state index is 12.7. The van der Waals surface area contributed by atoms with Gasteiger partial charge in [0.1, 0.15) is 6.10 Å². The van der Waals surface area contributed by atoms with Crippen molar-refractivity contribution in [2.24, 2.45) is 7.05 Å². The number of ether oxygens (including phenoxy) is 1. The molecule has 6 nitrogen and oxygen atoms in total. The Morgan fingerprint density at radius 3 is 2.80 bits per heavy atom. The summed E-state index contributed by atoms with van der Waals surface area (Å²) in [6.07, 6.45) is 4.12. The minimum absolute atomic E-state index is 0.0556. The van der Waals surface area contributed by atoms with E-state index in [0.717, 1.165) is 42.8 Å². The van der Waals surface area contributed by atoms with Gasteiger partial charge in [0.05, 0.1) is 17.8 Å². The summed E-state index contributed by atoms with van der Waals surface area (Å²) >= 11 is 5.94. The molecule has 0 unspecified atom stereocenters. The molecular weight excluding hydrogens is 400 g/mol. The first kappa shape index (κ1) is 20.4. The zero-order chi connectivity index (χ0) is 20.9. The number of rotatable bonds is 6. The van der Waals surface area contributed by atoms with Crippen LogP contribution in [-0.4, -0.2) is 34.9 Å². The number of benzene rings is 2. The Labute approximate surface area is 181 Å². The second kappa shape index (κ2) is 9.32. The third kappa shape index (κ3) is 4.83. The summed E-state index contributed by atoms with van der Waals surface area (Å²) in [4.78, 5) is 12.7. The van der Waals surface area contributed by atoms with Gasteiger partial charge in [-0.2, -0.15) is 5.10 Å². The average Bonchev–Trinajstić information content (AvgIpc) is 3.17. The maximum atomic E-state index is 12.7. The Kier molecular flexibility index (Phi) is 6.35. The molecule has 1 atom stereocenters. The average molecular weight is 425 g/mol. The molecule has 3 aromatic rings. The van der Waals surface area contributed by atoms with Crippen LogP contribution >= 0.6 is 11.6 Å². The minimum Gasteiger partial charge on any atom is -0.486 e. The molecule has 0 saturated carbocycles. The number of para-hydroxylation sites is 1. The lowest BCUT2D eigenvalue weighted by Gasteiger charge is -2.26. The number of halogens is 1. The zero-order valence-corrected chi connectivity index (χ0v) is 17.7. The normalized spacial score (nSPS) is 16.3. The van der Waals surface area contributed by atoms with Crippen molar-refractivity contribution in [2.75, 3.05) is 18.4 Å². The molecule has 2 heterocycles. The summed E-state index contributed by atoms with van der Waals surface area (Å²) in [7, 11) is 1.90. The molecule has 1 saturated heterocycles. The number of nitrogens with zero attached hydrogens (tertiary/aromatic N) is 2. The van der Waals surface area contributed by atoms with Gasteiger partial charge in [-0.3, -0.25) is 9.48 Å². The van der Waals surface area contributed by atoms with Gasteiger partial charge in [0, 0.05) is 30.4 Å². The molecule has 0 spiro atoms. The summed E-state index contributed by atoms with van der Waals surface area (Å²) in [6, 6.07) is 15.0. The van der Waals surface area contributed by atoms with Crippen molar-refractivity contribution in [3.8, 4) is 17.0 Å². The quantitative estimate of drug-likeness (QED) is 0.626. The summed E-state index contributed by atoms with van der Waals surface area (Å²) in [5.74, 6) is 0.574. The molecule has 1 fully saturated rings. The third-order valence-corrected chi connectivity index (χ3v) is 5.45. The molecule has 7 heteroatoms. The third-order valence-electron chi connectivity index (χ3n) is 5.20. The fraction of sp³-hybridized carbons (Fsp3) is 0.304. The second-order valence-electron chi connectivity index (χ2n) is 7.46. The van der Waals surface area contributed by atoms with Crippen molar-refractivity contribution in [1.82, 2.24) is 15.1 Å². The van der Waals surface area contributed by atoms with Crippen molar-refractivity contribution in [2.45, 2.75) is 25.4 Å². The van der Waals surface area contributed by atoms with Crippen LogP contribution in [0.15, 0.2) is 54.7 Å². The van der Waals surface area contributed by atoms with Gasteiger partial charge in [-0.15, -0.1) is 0 Å². The first-order chi connectivity index (χ1) is 14.6. The van der Waals surface area contributed by atoms with Crippen LogP contribution in [-0.2, 0) is 18.3 Å². The lowest BCUT2D eigenvalue weighted by atomic mass is 10.1. The predicted molar refractivity (Wildman–Crippen MR) is 119 cm³/mol. The van der Waals surface area contributed by atoms with E-state index in [4.69, 9.17) is 16.3 Å². The SMILES string of the molecule is Cn1nccc1-c1cccc(NC(=O)Cc2ccc(Cl)cc2)c1O[C@H]1CCCNC1. The van der Waals surface area contributed by atoms with Crippen LogP contribution in [0.25, 0.3) is 11.3 Å². The van der Waals surface area contributed by atoms with Crippen molar-refractivity contribution in [1.29, 1.82) is 0 Å². The van der Waals surface area contributed by atoms with Gasteiger partial charge in [0.15, 0.2) is 5.75 Å². The predicted octanol–water partition coefficient (Wildman–Crippen LogP) is 4.05. The van der Waals surface area contributed by atoms with Gasteiger partial charge >= 0.3 is 0 Å². The van der Waals surface area contributed by atoms with Gasteiger partial charge < -0.3 is 15.4 Å². The van der Waals surface area contributed by atoms with Crippen molar-refractivity contribution in [3.63, 3.8) is 0 Å². The Bertz CT molecular complexity index is 1010. The molecule has 156 valence electrons. The molecule has 2 N–H and O–H groups in total. The van der Waals surface area contributed by atoms with E-state index < -0.39 is 0 Å². The van der Waals surface area contributed by atoms with Gasteiger partial charge in [-0.1, -0.05) is 29.8 Å². The van der Waals surface area contributed by atoms with Crippen LogP contribution < -0.4 is 15.4 Å². The van der Waals surface area contributed by atoms with E-state index in [2.05, 4.69) is 15.7 Å². The van der Waals surface area contributed by atoms with E-state index in [1.807, 2.05) is 43.4 Å². The molecule has 0 radical (unpaired) electrons. The highest BCUT2D eigenvalue weighted by Gasteiger charge is 2.21. The largest absolute Gasteiger partial charge is 0.486 e. The van der Waals surface area contributed by atoms with Crippen LogP contribution in [0, 0.1) is 0 Å². The fourth-order valence-electron chi connectivity index (χ4n) is 3.67. The van der Waals surface area contributed by atoms with E-state index >= 15 is 0 Å². The molecule has 1 aliphatic rings. The molecule has 4 rings (SSSR count). The van der Waals surface area contributed by atoms with E-state index in [0.29, 0.717) is 16.5 Å². The number of nitrogens with one attached hydrogen (secondary N) is 2. The van der Waals surface area contributed by atoms with Crippen LogP contribution in [0.1, 0.15) is 18.4 Å². The van der Waals surface area contributed by atoms with E-state index in [1.165, 1.54) is 0 Å². The molecular formula is C23H25ClN4O2. The second-order valence-corrected chi connectivity index (χ2v) is 7.90. The highest BCUT2D eigenvalue weighted by Crippen LogP contribution is 2.37. The van der Waals surface area contributed by atoms with Gasteiger partial charge in [-0.25, -0.2) is 0 Å². The monoisotopic (exact) mass is 424 g/mol. The van der Waals surface area contributed by atoms with Crippen LogP contribution in [0.5, 0.6) is 5.75 Å². The van der Waals surface area contributed by atoms with E-state index in [-0.39, 0.29) is 18.4 Å². The van der Waals surface area contributed by atoms with Crippen molar-refractivity contribution in [3.05, 3.63) is 65.3 Å². The molecule has 1 amide bonds. The van der Waals surface area contributed by atoms with Gasteiger partial charge in [-0.05, 0) is 55.3 Å². The Morgan fingerprint density at radius 1 is 1.27 bits per heavy atom. The van der Waals surface area contributed by atoms with Crippen LogP contribution in [0.2, 0.25) is 5.02 Å². The van der Waals surface area contributed by atoms with Crippen molar-refractivity contribution < 1.29 is 9.53 Å². The lowest BCUT2D eigenvalue weighted by molar-refractivity contribution is -0.115. The number of anilines is 1. The zero-order valence-electron chi connectivity index (χ0n) is 16.9.